The molecule has 126 valence electrons. The molecular formula is C17H21N5OS. The van der Waals surface area contributed by atoms with Gasteiger partial charge in [0.2, 0.25) is 0 Å². The van der Waals surface area contributed by atoms with E-state index in [1.54, 1.807) is 34.3 Å². The minimum atomic E-state index is -0.184. The van der Waals surface area contributed by atoms with Gasteiger partial charge in [-0.2, -0.15) is 0 Å². The van der Waals surface area contributed by atoms with Crippen LogP contribution in [0.1, 0.15) is 35.5 Å². The van der Waals surface area contributed by atoms with E-state index in [4.69, 9.17) is 0 Å². The predicted molar refractivity (Wildman–Crippen MR) is 96.9 cm³/mol. The minimum absolute atomic E-state index is 0.0439. The molecule has 3 aromatic rings. The molecule has 0 saturated heterocycles. The number of thiazole rings is 1. The van der Waals surface area contributed by atoms with Gasteiger partial charge in [-0.25, -0.2) is 24.9 Å². The third-order valence-corrected chi connectivity index (χ3v) is 5.60. The lowest BCUT2D eigenvalue weighted by molar-refractivity contribution is 0.206. The number of aryl methyl sites for hydroxylation is 2. The molecule has 0 radical (unpaired) electrons. The lowest BCUT2D eigenvalue weighted by Crippen LogP contribution is -2.37. The summed E-state index contributed by atoms with van der Waals surface area (Å²) in [5, 5.41) is 1.10. The molecule has 2 amide bonds. The standard InChI is InChI=1S/C17H21N5OS/c1-5-15-19-11(2)16(24-15)12(3)21(4)17(23)20-22-10-18-13-8-6-7-9-14(13)22/h6-10,12H,5H2,1-4H3,(H,20,23)/t12-/m1/s1. The number of aromatic nitrogens is 3. The molecule has 1 aromatic carbocycles. The first kappa shape index (κ1) is 16.4. The second kappa shape index (κ2) is 6.60. The summed E-state index contributed by atoms with van der Waals surface area (Å²) in [6.07, 6.45) is 2.53. The van der Waals surface area contributed by atoms with Crippen LogP contribution in [0.2, 0.25) is 0 Å². The van der Waals surface area contributed by atoms with Crippen LogP contribution in [0.3, 0.4) is 0 Å². The zero-order valence-corrected chi connectivity index (χ0v) is 15.1. The maximum absolute atomic E-state index is 12.6. The Morgan fingerprint density at radius 3 is 2.88 bits per heavy atom. The van der Waals surface area contributed by atoms with Gasteiger partial charge in [0.1, 0.15) is 6.33 Å². The molecule has 24 heavy (non-hydrogen) atoms. The fourth-order valence-corrected chi connectivity index (χ4v) is 3.69. The Morgan fingerprint density at radius 1 is 1.42 bits per heavy atom. The average molecular weight is 343 g/mol. The molecule has 2 heterocycles. The van der Waals surface area contributed by atoms with Crippen molar-refractivity contribution in [3.63, 3.8) is 0 Å². The van der Waals surface area contributed by atoms with E-state index in [0.29, 0.717) is 0 Å². The van der Waals surface area contributed by atoms with Crippen LogP contribution in [0.4, 0.5) is 4.79 Å². The minimum Gasteiger partial charge on any atom is -0.319 e. The van der Waals surface area contributed by atoms with Gasteiger partial charge in [0.25, 0.3) is 0 Å². The average Bonchev–Trinajstić information content (AvgIpc) is 3.17. The summed E-state index contributed by atoms with van der Waals surface area (Å²) < 4.78 is 1.65. The molecule has 0 aliphatic carbocycles. The molecule has 0 aliphatic heterocycles. The lowest BCUT2D eigenvalue weighted by atomic mass is 10.2. The second-order valence-corrected chi connectivity index (χ2v) is 6.83. The number of nitrogens with one attached hydrogen (secondary N) is 1. The molecule has 3 rings (SSSR count). The lowest BCUT2D eigenvalue weighted by Gasteiger charge is -2.25. The van der Waals surface area contributed by atoms with Gasteiger partial charge >= 0.3 is 6.03 Å². The van der Waals surface area contributed by atoms with Gasteiger partial charge in [0, 0.05) is 11.9 Å². The predicted octanol–water partition coefficient (Wildman–Crippen LogP) is 3.72. The molecule has 0 saturated carbocycles. The molecule has 1 atom stereocenters. The third-order valence-electron chi connectivity index (χ3n) is 4.13. The van der Waals surface area contributed by atoms with Crippen LogP contribution in [0.15, 0.2) is 30.6 Å². The van der Waals surface area contributed by atoms with Crippen LogP contribution in [-0.4, -0.2) is 32.6 Å². The maximum Gasteiger partial charge on any atom is 0.336 e. The van der Waals surface area contributed by atoms with Gasteiger partial charge < -0.3 is 4.90 Å². The molecule has 0 bridgehead atoms. The molecular weight excluding hydrogens is 322 g/mol. The van der Waals surface area contributed by atoms with Gasteiger partial charge in [-0.1, -0.05) is 19.1 Å². The zero-order valence-electron chi connectivity index (χ0n) is 14.3. The highest BCUT2D eigenvalue weighted by molar-refractivity contribution is 7.11. The number of imidazole rings is 1. The van der Waals surface area contributed by atoms with Crippen molar-refractivity contribution in [2.75, 3.05) is 12.5 Å². The van der Waals surface area contributed by atoms with E-state index in [0.717, 1.165) is 33.0 Å². The summed E-state index contributed by atoms with van der Waals surface area (Å²) in [5.74, 6) is 0. The fraction of sp³-hybridized carbons (Fsp3) is 0.353. The van der Waals surface area contributed by atoms with Gasteiger partial charge in [0.15, 0.2) is 0 Å². The highest BCUT2D eigenvalue weighted by Gasteiger charge is 2.22. The molecule has 0 aliphatic rings. The van der Waals surface area contributed by atoms with Crippen LogP contribution in [-0.2, 0) is 6.42 Å². The van der Waals surface area contributed by atoms with Crippen LogP contribution in [0.5, 0.6) is 0 Å². The Balaban J connectivity index is 1.77. The molecule has 1 N–H and O–H groups in total. The number of rotatable bonds is 4. The van der Waals surface area contributed by atoms with Crippen molar-refractivity contribution in [1.82, 2.24) is 19.5 Å². The number of carbonyl (C=O) groups is 1. The first-order chi connectivity index (χ1) is 11.5. The molecule has 0 fully saturated rings. The van der Waals surface area contributed by atoms with Crippen molar-refractivity contribution in [2.24, 2.45) is 0 Å². The molecule has 2 aromatic heterocycles. The monoisotopic (exact) mass is 343 g/mol. The van der Waals surface area contributed by atoms with E-state index >= 15 is 0 Å². The van der Waals surface area contributed by atoms with Gasteiger partial charge in [-0.3, -0.25) is 0 Å². The van der Waals surface area contributed by atoms with Crippen LogP contribution >= 0.6 is 11.3 Å². The molecule has 0 unspecified atom stereocenters. The van der Waals surface area contributed by atoms with E-state index < -0.39 is 0 Å². The number of para-hydroxylation sites is 2. The highest BCUT2D eigenvalue weighted by Crippen LogP contribution is 2.29. The molecule has 6 nitrogen and oxygen atoms in total. The first-order valence-electron chi connectivity index (χ1n) is 7.93. The van der Waals surface area contributed by atoms with Crippen molar-refractivity contribution in [2.45, 2.75) is 33.2 Å². The Kier molecular flexibility index (Phi) is 4.53. The maximum atomic E-state index is 12.6. The molecule has 7 heteroatoms. The van der Waals surface area contributed by atoms with Crippen molar-refractivity contribution in [3.05, 3.63) is 46.2 Å². The summed E-state index contributed by atoms with van der Waals surface area (Å²) in [4.78, 5) is 24.3. The summed E-state index contributed by atoms with van der Waals surface area (Å²) in [5.41, 5.74) is 5.59. The first-order valence-corrected chi connectivity index (χ1v) is 8.75. The summed E-state index contributed by atoms with van der Waals surface area (Å²) in [7, 11) is 1.80. The van der Waals surface area contributed by atoms with Crippen molar-refractivity contribution >= 4 is 28.4 Å². The fourth-order valence-electron chi connectivity index (χ4n) is 2.59. The Bertz CT molecular complexity index is 869. The topological polar surface area (TPSA) is 63.1 Å². The second-order valence-electron chi connectivity index (χ2n) is 5.72. The normalized spacial score (nSPS) is 12.3. The number of hydrogen-bond acceptors (Lipinski definition) is 4. The van der Waals surface area contributed by atoms with Gasteiger partial charge in [0.05, 0.1) is 27.8 Å². The van der Waals surface area contributed by atoms with E-state index in [1.165, 1.54) is 0 Å². The smallest absolute Gasteiger partial charge is 0.319 e. The van der Waals surface area contributed by atoms with E-state index in [9.17, 15) is 4.79 Å². The quantitative estimate of drug-likeness (QED) is 0.785. The number of amides is 2. The third kappa shape index (κ3) is 2.99. The van der Waals surface area contributed by atoms with Crippen molar-refractivity contribution in [1.29, 1.82) is 0 Å². The van der Waals surface area contributed by atoms with E-state index in [1.807, 2.05) is 38.1 Å². The zero-order chi connectivity index (χ0) is 17.3. The van der Waals surface area contributed by atoms with Crippen LogP contribution < -0.4 is 5.43 Å². The SMILES string of the molecule is CCc1nc(C)c([C@@H](C)N(C)C(=O)Nn2cnc3ccccc32)s1. The van der Waals surface area contributed by atoms with Crippen LogP contribution in [0.25, 0.3) is 11.0 Å². The van der Waals surface area contributed by atoms with Crippen LogP contribution in [0, 0.1) is 6.92 Å². The Morgan fingerprint density at radius 2 is 2.17 bits per heavy atom. The Hall–Kier alpha value is -2.41. The molecule has 0 spiro atoms. The number of fused-ring (bicyclic) bond motifs is 1. The summed E-state index contributed by atoms with van der Waals surface area (Å²) in [6, 6.07) is 7.46. The highest BCUT2D eigenvalue weighted by atomic mass is 32.1. The number of urea groups is 1. The van der Waals surface area contributed by atoms with E-state index in [-0.39, 0.29) is 12.1 Å². The number of nitrogens with zero attached hydrogens (tertiary/aromatic N) is 4. The number of hydrogen-bond donors (Lipinski definition) is 1. The van der Waals surface area contributed by atoms with Crippen molar-refractivity contribution < 1.29 is 4.79 Å². The number of carbonyl (C=O) groups excluding carboxylic acids is 1. The van der Waals surface area contributed by atoms with E-state index in [2.05, 4.69) is 22.3 Å². The largest absolute Gasteiger partial charge is 0.336 e. The summed E-state index contributed by atoms with van der Waals surface area (Å²) in [6.45, 7) is 6.11. The summed E-state index contributed by atoms with van der Waals surface area (Å²) >= 11 is 1.67. The van der Waals surface area contributed by atoms with Gasteiger partial charge in [-0.15, -0.1) is 11.3 Å². The number of benzene rings is 1. The Labute approximate surface area is 145 Å². The van der Waals surface area contributed by atoms with Gasteiger partial charge in [-0.05, 0) is 32.4 Å². The van der Waals surface area contributed by atoms with Crippen molar-refractivity contribution in [3.8, 4) is 0 Å².